The Morgan fingerprint density at radius 2 is 1.41 bits per heavy atom. The van der Waals surface area contributed by atoms with E-state index >= 15 is 0 Å². The van der Waals surface area contributed by atoms with E-state index in [2.05, 4.69) is 4.74 Å². The van der Waals surface area contributed by atoms with Gasteiger partial charge in [-0.25, -0.2) is 13.2 Å². The molecule has 0 N–H and O–H groups in total. The Balaban J connectivity index is 2.33. The number of hydrogen-bond donors (Lipinski definition) is 0. The highest BCUT2D eigenvalue weighted by Crippen LogP contribution is 2.39. The number of rotatable bonds is 6. The van der Waals surface area contributed by atoms with Crippen molar-refractivity contribution in [1.29, 1.82) is 0 Å². The second-order valence-electron chi connectivity index (χ2n) is 5.95. The zero-order valence-corrected chi connectivity index (χ0v) is 14.7. The van der Waals surface area contributed by atoms with Crippen molar-refractivity contribution >= 4 is 5.83 Å². The van der Waals surface area contributed by atoms with Gasteiger partial charge >= 0.3 is 12.3 Å². The van der Waals surface area contributed by atoms with Gasteiger partial charge in [0.25, 0.3) is 0 Å². The van der Waals surface area contributed by atoms with Crippen LogP contribution >= 0.6 is 0 Å². The van der Waals surface area contributed by atoms with E-state index in [0.717, 1.165) is 24.1 Å². The van der Waals surface area contributed by atoms with Crippen LogP contribution in [0.25, 0.3) is 5.83 Å². The molecule has 0 fully saturated rings. The lowest BCUT2D eigenvalue weighted by Gasteiger charge is -2.18. The van der Waals surface area contributed by atoms with Crippen molar-refractivity contribution in [2.24, 2.45) is 0 Å². The molecule has 2 rings (SSSR count). The van der Waals surface area contributed by atoms with E-state index in [1.807, 2.05) is 6.92 Å². The standard InChI is InChI=1S/C19H13F9O/c1-2-3-10-4-6-11(7-5-10)16(22)17(23)19(27,28)29-12-8-13(20)15(14(21)9-12)18(24,25)26/h4-9H,2-3H2,1H3. The van der Waals surface area contributed by atoms with E-state index in [-0.39, 0.29) is 12.1 Å². The molecule has 2 aromatic rings. The lowest BCUT2D eigenvalue weighted by Crippen LogP contribution is -2.26. The Morgan fingerprint density at radius 1 is 0.897 bits per heavy atom. The molecule has 0 spiro atoms. The number of alkyl halides is 5. The number of ether oxygens (including phenoxy) is 1. The molecule has 0 saturated heterocycles. The van der Waals surface area contributed by atoms with Crippen LogP contribution in [-0.2, 0) is 12.6 Å². The zero-order valence-electron chi connectivity index (χ0n) is 14.7. The molecule has 0 bridgehead atoms. The van der Waals surface area contributed by atoms with E-state index in [1.165, 1.54) is 12.1 Å². The molecule has 0 heterocycles. The first-order chi connectivity index (χ1) is 13.4. The van der Waals surface area contributed by atoms with Crippen molar-refractivity contribution < 1.29 is 44.3 Å². The minimum atomic E-state index is -5.43. The van der Waals surface area contributed by atoms with E-state index in [9.17, 15) is 39.5 Å². The third-order valence-electron chi connectivity index (χ3n) is 3.74. The monoisotopic (exact) mass is 428 g/mol. The van der Waals surface area contributed by atoms with Gasteiger partial charge in [-0.3, -0.25) is 0 Å². The molecule has 0 saturated carbocycles. The first kappa shape index (κ1) is 22.6. The predicted molar refractivity (Wildman–Crippen MR) is 86.5 cm³/mol. The topological polar surface area (TPSA) is 9.23 Å². The molecule has 1 nitrogen and oxygen atoms in total. The van der Waals surface area contributed by atoms with Gasteiger partial charge in [0.1, 0.15) is 22.9 Å². The first-order valence-corrected chi connectivity index (χ1v) is 8.15. The molecule has 158 valence electrons. The third-order valence-corrected chi connectivity index (χ3v) is 3.74. The fourth-order valence-corrected chi connectivity index (χ4v) is 2.43. The summed E-state index contributed by atoms with van der Waals surface area (Å²) in [7, 11) is 0. The number of aryl methyl sites for hydroxylation is 1. The van der Waals surface area contributed by atoms with Crippen LogP contribution in [0.1, 0.15) is 30.0 Å². The minimum absolute atomic E-state index is 0.204. The maximum Gasteiger partial charge on any atom is 0.457 e. The average Bonchev–Trinajstić information content (AvgIpc) is 2.59. The van der Waals surface area contributed by atoms with Crippen LogP contribution in [0.3, 0.4) is 0 Å². The van der Waals surface area contributed by atoms with Crippen molar-refractivity contribution in [1.82, 2.24) is 0 Å². The van der Waals surface area contributed by atoms with E-state index in [1.54, 1.807) is 0 Å². The Labute approximate surface area is 159 Å². The Hall–Kier alpha value is -2.65. The maximum atomic E-state index is 14.1. The van der Waals surface area contributed by atoms with Crippen LogP contribution in [0.2, 0.25) is 0 Å². The van der Waals surface area contributed by atoms with Crippen LogP contribution in [-0.4, -0.2) is 6.11 Å². The van der Waals surface area contributed by atoms with Gasteiger partial charge in [0, 0.05) is 17.7 Å². The summed E-state index contributed by atoms with van der Waals surface area (Å²) in [5.74, 6) is -10.7. The summed E-state index contributed by atoms with van der Waals surface area (Å²) in [6.45, 7) is 1.87. The van der Waals surface area contributed by atoms with Gasteiger partial charge in [0.05, 0.1) is 0 Å². The van der Waals surface area contributed by atoms with Crippen LogP contribution in [0.15, 0.2) is 42.2 Å². The molecule has 0 radical (unpaired) electrons. The highest BCUT2D eigenvalue weighted by Gasteiger charge is 2.43. The molecule has 0 unspecified atom stereocenters. The predicted octanol–water partition coefficient (Wildman–Crippen LogP) is 7.22. The molecule has 0 aliphatic carbocycles. The molecule has 0 aromatic heterocycles. The van der Waals surface area contributed by atoms with Gasteiger partial charge in [-0.15, -0.1) is 0 Å². The minimum Gasteiger partial charge on any atom is -0.427 e. The fourth-order valence-electron chi connectivity index (χ4n) is 2.43. The molecule has 2 aromatic carbocycles. The zero-order chi connectivity index (χ0) is 22.0. The number of hydrogen-bond acceptors (Lipinski definition) is 1. The maximum absolute atomic E-state index is 14.1. The Kier molecular flexibility index (Phi) is 6.54. The summed E-state index contributed by atoms with van der Waals surface area (Å²) in [5, 5.41) is 0. The second-order valence-corrected chi connectivity index (χ2v) is 5.95. The molecule has 0 amide bonds. The van der Waals surface area contributed by atoms with Crippen LogP contribution < -0.4 is 4.74 Å². The van der Waals surface area contributed by atoms with Crippen molar-refractivity contribution in [3.8, 4) is 5.75 Å². The highest BCUT2D eigenvalue weighted by molar-refractivity contribution is 5.62. The van der Waals surface area contributed by atoms with Crippen molar-refractivity contribution in [2.75, 3.05) is 0 Å². The summed E-state index contributed by atoms with van der Waals surface area (Å²) in [6.07, 6.45) is -9.09. The van der Waals surface area contributed by atoms with Gasteiger partial charge in [0.15, 0.2) is 5.83 Å². The van der Waals surface area contributed by atoms with Crippen LogP contribution in [0, 0.1) is 11.6 Å². The van der Waals surface area contributed by atoms with Crippen molar-refractivity contribution in [3.05, 3.63) is 70.5 Å². The highest BCUT2D eigenvalue weighted by atomic mass is 19.4. The Bertz CT molecular complexity index is 876. The second kappa shape index (κ2) is 8.38. The summed E-state index contributed by atoms with van der Waals surface area (Å²) in [4.78, 5) is 0. The van der Waals surface area contributed by atoms with E-state index in [4.69, 9.17) is 0 Å². The van der Waals surface area contributed by atoms with Crippen molar-refractivity contribution in [3.63, 3.8) is 0 Å². The molecule has 29 heavy (non-hydrogen) atoms. The smallest absolute Gasteiger partial charge is 0.427 e. The fraction of sp³-hybridized carbons (Fsp3) is 0.263. The van der Waals surface area contributed by atoms with Crippen LogP contribution in [0.4, 0.5) is 39.5 Å². The molecule has 10 heteroatoms. The van der Waals surface area contributed by atoms with Crippen LogP contribution in [0.5, 0.6) is 5.75 Å². The lowest BCUT2D eigenvalue weighted by molar-refractivity contribution is -0.156. The quantitative estimate of drug-likeness (QED) is 0.442. The van der Waals surface area contributed by atoms with Gasteiger partial charge in [-0.1, -0.05) is 37.6 Å². The van der Waals surface area contributed by atoms with Gasteiger partial charge < -0.3 is 4.74 Å². The van der Waals surface area contributed by atoms with Gasteiger partial charge in [-0.05, 0) is 12.0 Å². The molecule has 0 aliphatic heterocycles. The average molecular weight is 428 g/mol. The molecular weight excluding hydrogens is 415 g/mol. The summed E-state index contributed by atoms with van der Waals surface area (Å²) >= 11 is 0. The SMILES string of the molecule is CCCc1ccc(C(F)=C(F)C(F)(F)Oc2cc(F)c(C(F)(F)F)c(F)c2)cc1. The lowest BCUT2D eigenvalue weighted by atomic mass is 10.1. The largest absolute Gasteiger partial charge is 0.457 e. The molecule has 0 atom stereocenters. The number of halogens is 9. The summed E-state index contributed by atoms with van der Waals surface area (Å²) in [5.41, 5.74) is -2.12. The molecule has 0 aliphatic rings. The van der Waals surface area contributed by atoms with Gasteiger partial charge in [0.2, 0.25) is 5.83 Å². The Morgan fingerprint density at radius 3 is 1.86 bits per heavy atom. The third kappa shape index (κ3) is 5.24. The summed E-state index contributed by atoms with van der Waals surface area (Å²) < 4.78 is 124. The van der Waals surface area contributed by atoms with E-state index in [0.29, 0.717) is 6.42 Å². The normalized spacial score (nSPS) is 13.3. The number of benzene rings is 2. The van der Waals surface area contributed by atoms with Crippen molar-refractivity contribution in [2.45, 2.75) is 32.1 Å². The van der Waals surface area contributed by atoms with E-state index < -0.39 is 52.4 Å². The molecular formula is C19H13F9O. The first-order valence-electron chi connectivity index (χ1n) is 8.15. The summed E-state index contributed by atoms with van der Waals surface area (Å²) in [6, 6.07) is 4.48. The van der Waals surface area contributed by atoms with Gasteiger partial charge in [-0.2, -0.15) is 26.3 Å².